The highest BCUT2D eigenvalue weighted by atomic mass is 35.5. The first kappa shape index (κ1) is 15.3. The minimum atomic E-state index is 0.529. The van der Waals surface area contributed by atoms with Gasteiger partial charge in [-0.3, -0.25) is 0 Å². The molecule has 0 N–H and O–H groups in total. The van der Waals surface area contributed by atoms with Gasteiger partial charge in [-0.05, 0) is 29.8 Å². The Balaban J connectivity index is 2.08. The van der Waals surface area contributed by atoms with Crippen LogP contribution in [-0.4, -0.2) is 19.1 Å². The van der Waals surface area contributed by atoms with Crippen LogP contribution in [0.3, 0.4) is 0 Å². The molecule has 1 aromatic heterocycles. The van der Waals surface area contributed by atoms with Crippen LogP contribution in [0, 0.1) is 0 Å². The van der Waals surface area contributed by atoms with E-state index in [4.69, 9.17) is 23.2 Å². The lowest BCUT2D eigenvalue weighted by molar-refractivity contribution is 1.13. The Bertz CT molecular complexity index is 795. The van der Waals surface area contributed by atoms with Crippen molar-refractivity contribution >= 4 is 40.2 Å². The Morgan fingerprint density at radius 3 is 2.32 bits per heavy atom. The second kappa shape index (κ2) is 6.29. The molecule has 3 rings (SSSR count). The fourth-order valence-electron chi connectivity index (χ4n) is 2.23. The fourth-order valence-corrected chi connectivity index (χ4v) is 3.55. The maximum Gasteiger partial charge on any atom is 0.184 e. The Labute approximate surface area is 144 Å². The average molecular weight is 349 g/mol. The maximum absolute atomic E-state index is 6.15. The van der Waals surface area contributed by atoms with Crippen molar-refractivity contribution in [3.63, 3.8) is 0 Å². The van der Waals surface area contributed by atoms with Crippen molar-refractivity contribution in [1.82, 2.24) is 4.98 Å². The van der Waals surface area contributed by atoms with Crippen LogP contribution in [0.25, 0.3) is 21.7 Å². The summed E-state index contributed by atoms with van der Waals surface area (Å²) in [5.41, 5.74) is 4.12. The molecule has 0 amide bonds. The third-order valence-corrected chi connectivity index (χ3v) is 4.79. The first-order valence-corrected chi connectivity index (χ1v) is 8.32. The van der Waals surface area contributed by atoms with Gasteiger partial charge < -0.3 is 4.90 Å². The first-order valence-electron chi connectivity index (χ1n) is 6.74. The number of nitrogens with zero attached hydrogens (tertiary/aromatic N) is 2. The molecule has 2 nitrogen and oxygen atoms in total. The van der Waals surface area contributed by atoms with E-state index < -0.39 is 0 Å². The van der Waals surface area contributed by atoms with E-state index >= 15 is 0 Å². The van der Waals surface area contributed by atoms with Crippen molar-refractivity contribution in [1.29, 1.82) is 0 Å². The molecule has 0 saturated carbocycles. The molecule has 1 heterocycles. The molecule has 2 aromatic carbocycles. The van der Waals surface area contributed by atoms with Gasteiger partial charge >= 0.3 is 0 Å². The fraction of sp³-hybridized carbons (Fsp3) is 0.118. The molecule has 0 atom stereocenters. The van der Waals surface area contributed by atoms with Crippen molar-refractivity contribution in [3.8, 4) is 21.7 Å². The highest BCUT2D eigenvalue weighted by Crippen LogP contribution is 2.39. The second-order valence-electron chi connectivity index (χ2n) is 5.10. The quantitative estimate of drug-likeness (QED) is 0.590. The number of hydrogen-bond donors (Lipinski definition) is 0. The lowest BCUT2D eigenvalue weighted by Gasteiger charge is -2.12. The number of anilines is 1. The minimum Gasteiger partial charge on any atom is -0.378 e. The summed E-state index contributed by atoms with van der Waals surface area (Å²) >= 11 is 13.7. The normalized spacial score (nSPS) is 10.7. The van der Waals surface area contributed by atoms with Crippen LogP contribution in [0.1, 0.15) is 0 Å². The van der Waals surface area contributed by atoms with Crippen molar-refractivity contribution in [3.05, 3.63) is 58.0 Å². The molecule has 0 bridgehead atoms. The zero-order valence-electron chi connectivity index (χ0n) is 12.2. The summed E-state index contributed by atoms with van der Waals surface area (Å²) in [6, 6.07) is 16.0. The van der Waals surface area contributed by atoms with E-state index in [1.807, 2.05) is 38.4 Å². The van der Waals surface area contributed by atoms with E-state index in [1.165, 1.54) is 11.3 Å². The molecule has 0 fully saturated rings. The first-order chi connectivity index (χ1) is 10.5. The van der Waals surface area contributed by atoms with Gasteiger partial charge in [-0.1, -0.05) is 47.5 Å². The summed E-state index contributed by atoms with van der Waals surface area (Å²) in [7, 11) is 4.04. The maximum atomic E-state index is 6.15. The zero-order chi connectivity index (χ0) is 15.7. The van der Waals surface area contributed by atoms with Crippen molar-refractivity contribution in [2.75, 3.05) is 19.0 Å². The summed E-state index contributed by atoms with van der Waals surface area (Å²) < 4.78 is 0.529. The van der Waals surface area contributed by atoms with E-state index in [2.05, 4.69) is 34.1 Å². The number of halogens is 2. The van der Waals surface area contributed by atoms with E-state index in [-0.39, 0.29) is 0 Å². The Kier molecular flexibility index (Phi) is 4.39. The molecule has 0 unspecified atom stereocenters. The largest absolute Gasteiger partial charge is 0.378 e. The van der Waals surface area contributed by atoms with Gasteiger partial charge in [-0.15, -0.1) is 11.3 Å². The summed E-state index contributed by atoms with van der Waals surface area (Å²) in [5.74, 6) is 0. The number of hydrogen-bond acceptors (Lipinski definition) is 3. The van der Waals surface area contributed by atoms with Gasteiger partial charge in [0.1, 0.15) is 0 Å². The molecule has 22 heavy (non-hydrogen) atoms. The number of benzene rings is 2. The van der Waals surface area contributed by atoms with E-state index in [0.717, 1.165) is 27.4 Å². The summed E-state index contributed by atoms with van der Waals surface area (Å²) in [4.78, 5) is 7.59. The zero-order valence-corrected chi connectivity index (χ0v) is 14.5. The van der Waals surface area contributed by atoms with E-state index in [1.54, 1.807) is 0 Å². The number of thiazole rings is 1. The summed E-state index contributed by atoms with van der Waals surface area (Å²) in [5, 5.41) is 0.705. The smallest absolute Gasteiger partial charge is 0.184 e. The standard InChI is InChI=1S/C17H14Cl2N2S/c1-21(2)14-8-6-11(7-9-14)15-16(22-17(19)20-15)12-4-3-5-13(18)10-12/h3-10H,1-2H3. The predicted molar refractivity (Wildman–Crippen MR) is 97.3 cm³/mol. The van der Waals surface area contributed by atoms with Crippen LogP contribution < -0.4 is 4.90 Å². The Morgan fingerprint density at radius 1 is 0.955 bits per heavy atom. The molecule has 3 aromatic rings. The topological polar surface area (TPSA) is 16.1 Å². The van der Waals surface area contributed by atoms with E-state index in [0.29, 0.717) is 9.49 Å². The van der Waals surface area contributed by atoms with Gasteiger partial charge in [0.15, 0.2) is 4.47 Å². The SMILES string of the molecule is CN(C)c1ccc(-c2nc(Cl)sc2-c2cccc(Cl)c2)cc1. The van der Waals surface area contributed by atoms with Crippen LogP contribution in [-0.2, 0) is 0 Å². The van der Waals surface area contributed by atoms with Gasteiger partial charge in [0.25, 0.3) is 0 Å². The molecular weight excluding hydrogens is 335 g/mol. The number of rotatable bonds is 3. The summed E-state index contributed by atoms with van der Waals surface area (Å²) in [6.07, 6.45) is 0. The molecule has 0 aliphatic heterocycles. The molecule has 5 heteroatoms. The molecular formula is C17H14Cl2N2S. The van der Waals surface area contributed by atoms with Gasteiger partial charge in [-0.2, -0.15) is 0 Å². The van der Waals surface area contributed by atoms with Crippen LogP contribution in [0.2, 0.25) is 9.49 Å². The van der Waals surface area contributed by atoms with Crippen LogP contribution in [0.5, 0.6) is 0 Å². The molecule has 0 saturated heterocycles. The third-order valence-electron chi connectivity index (χ3n) is 3.35. The van der Waals surface area contributed by atoms with Crippen LogP contribution >= 0.6 is 34.5 Å². The molecule has 0 aliphatic rings. The van der Waals surface area contributed by atoms with Gasteiger partial charge in [0, 0.05) is 30.4 Å². The van der Waals surface area contributed by atoms with Crippen molar-refractivity contribution in [2.24, 2.45) is 0 Å². The summed E-state index contributed by atoms with van der Waals surface area (Å²) in [6.45, 7) is 0. The van der Waals surface area contributed by atoms with Crippen molar-refractivity contribution in [2.45, 2.75) is 0 Å². The Morgan fingerprint density at radius 2 is 1.68 bits per heavy atom. The molecule has 112 valence electrons. The lowest BCUT2D eigenvalue weighted by atomic mass is 10.1. The van der Waals surface area contributed by atoms with E-state index in [9.17, 15) is 0 Å². The predicted octanol–water partition coefficient (Wildman–Crippen LogP) is 5.85. The highest BCUT2D eigenvalue weighted by molar-refractivity contribution is 7.19. The lowest BCUT2D eigenvalue weighted by Crippen LogP contribution is -2.07. The average Bonchev–Trinajstić information content (AvgIpc) is 2.89. The monoisotopic (exact) mass is 348 g/mol. The Hall–Kier alpha value is -1.55. The van der Waals surface area contributed by atoms with Gasteiger partial charge in [0.05, 0.1) is 10.6 Å². The van der Waals surface area contributed by atoms with Crippen LogP contribution in [0.15, 0.2) is 48.5 Å². The molecule has 0 radical (unpaired) electrons. The van der Waals surface area contributed by atoms with Gasteiger partial charge in [-0.25, -0.2) is 4.98 Å². The molecule has 0 aliphatic carbocycles. The third kappa shape index (κ3) is 3.12. The van der Waals surface area contributed by atoms with Gasteiger partial charge in [0.2, 0.25) is 0 Å². The van der Waals surface area contributed by atoms with Crippen LogP contribution in [0.4, 0.5) is 5.69 Å². The number of aromatic nitrogens is 1. The minimum absolute atomic E-state index is 0.529. The van der Waals surface area contributed by atoms with Crippen molar-refractivity contribution < 1.29 is 0 Å². The molecule has 0 spiro atoms. The second-order valence-corrected chi connectivity index (χ2v) is 7.11. The highest BCUT2D eigenvalue weighted by Gasteiger charge is 2.14.